The van der Waals surface area contributed by atoms with Crippen LogP contribution in [0.5, 0.6) is 0 Å². The Morgan fingerprint density at radius 1 is 1.57 bits per heavy atom. The number of aliphatic hydroxyl groups is 1. The SMILES string of the molecule is CC(O)[C@H](C)NP. The number of rotatable bonds is 2. The molecule has 0 saturated heterocycles. The highest BCUT2D eigenvalue weighted by Gasteiger charge is 2.02. The summed E-state index contributed by atoms with van der Waals surface area (Å²) >= 11 is 0. The molecule has 0 amide bonds. The zero-order chi connectivity index (χ0) is 5.86. The van der Waals surface area contributed by atoms with Crippen molar-refractivity contribution in [1.29, 1.82) is 0 Å². The first-order chi connectivity index (χ1) is 3.18. The molecule has 0 aliphatic heterocycles. The maximum atomic E-state index is 8.75. The molecule has 44 valence electrons. The fourth-order valence-corrected chi connectivity index (χ4v) is 0.418. The minimum atomic E-state index is -0.266. The van der Waals surface area contributed by atoms with Crippen molar-refractivity contribution < 1.29 is 5.11 Å². The molecule has 3 atom stereocenters. The van der Waals surface area contributed by atoms with Crippen LogP contribution >= 0.6 is 9.39 Å². The van der Waals surface area contributed by atoms with Gasteiger partial charge in [0.2, 0.25) is 0 Å². The van der Waals surface area contributed by atoms with Crippen LogP contribution in [0.3, 0.4) is 0 Å². The molecular formula is C4H12NOP. The molecule has 0 aliphatic carbocycles. The first-order valence-corrected chi connectivity index (χ1v) is 2.90. The molecule has 2 N–H and O–H groups in total. The lowest BCUT2D eigenvalue weighted by molar-refractivity contribution is 0.165. The fourth-order valence-electron chi connectivity index (χ4n) is 0.139. The monoisotopic (exact) mass is 121 g/mol. The summed E-state index contributed by atoms with van der Waals surface area (Å²) in [7, 11) is 2.35. The summed E-state index contributed by atoms with van der Waals surface area (Å²) in [6, 6.07) is 0.171. The zero-order valence-corrected chi connectivity index (χ0v) is 5.83. The van der Waals surface area contributed by atoms with Crippen molar-refractivity contribution in [3.05, 3.63) is 0 Å². The Bertz CT molecular complexity index is 49.0. The van der Waals surface area contributed by atoms with Crippen molar-refractivity contribution in [1.82, 2.24) is 5.09 Å². The fraction of sp³-hybridized carbons (Fsp3) is 1.00. The van der Waals surface area contributed by atoms with Gasteiger partial charge in [0.15, 0.2) is 0 Å². The van der Waals surface area contributed by atoms with Gasteiger partial charge in [-0.1, -0.05) is 9.39 Å². The van der Waals surface area contributed by atoms with Crippen LogP contribution in [-0.4, -0.2) is 17.3 Å². The van der Waals surface area contributed by atoms with Gasteiger partial charge in [0.25, 0.3) is 0 Å². The van der Waals surface area contributed by atoms with E-state index in [1.165, 1.54) is 0 Å². The van der Waals surface area contributed by atoms with Crippen molar-refractivity contribution >= 4 is 9.39 Å². The summed E-state index contributed by atoms with van der Waals surface area (Å²) in [5.74, 6) is 0. The lowest BCUT2D eigenvalue weighted by Gasteiger charge is -2.11. The third-order valence-corrected chi connectivity index (χ3v) is 1.51. The van der Waals surface area contributed by atoms with Gasteiger partial charge in [-0.05, 0) is 13.8 Å². The van der Waals surface area contributed by atoms with E-state index < -0.39 is 0 Å². The van der Waals surface area contributed by atoms with Crippen molar-refractivity contribution in [2.75, 3.05) is 0 Å². The van der Waals surface area contributed by atoms with Crippen LogP contribution < -0.4 is 5.09 Å². The van der Waals surface area contributed by atoms with Gasteiger partial charge in [0.1, 0.15) is 0 Å². The molecule has 0 aromatic rings. The van der Waals surface area contributed by atoms with Gasteiger partial charge in [-0.15, -0.1) is 0 Å². The minimum absolute atomic E-state index is 0.171. The maximum Gasteiger partial charge on any atom is 0.0665 e. The van der Waals surface area contributed by atoms with Crippen molar-refractivity contribution in [3.8, 4) is 0 Å². The molecule has 0 spiro atoms. The Labute approximate surface area is 46.6 Å². The van der Waals surface area contributed by atoms with Crippen LogP contribution in [-0.2, 0) is 0 Å². The quantitative estimate of drug-likeness (QED) is 0.509. The lowest BCUT2D eigenvalue weighted by atomic mass is 10.2. The lowest BCUT2D eigenvalue weighted by Crippen LogP contribution is -2.28. The molecule has 0 aromatic heterocycles. The van der Waals surface area contributed by atoms with Gasteiger partial charge >= 0.3 is 0 Å². The van der Waals surface area contributed by atoms with Crippen LogP contribution in [0.2, 0.25) is 0 Å². The van der Waals surface area contributed by atoms with Crippen LogP contribution in [0.25, 0.3) is 0 Å². The maximum absolute atomic E-state index is 8.75. The average Bonchev–Trinajstić information content (AvgIpc) is 1.65. The first kappa shape index (κ1) is 7.35. The predicted octanol–water partition coefficient (Wildman–Crippen LogP) is 0.135. The van der Waals surface area contributed by atoms with E-state index in [9.17, 15) is 0 Å². The standard InChI is InChI=1S/C4H12NOP/c1-3(5-7)4(2)6/h3-6H,7H2,1-2H3/t3-,4?/m0/s1. The van der Waals surface area contributed by atoms with Gasteiger partial charge in [0.05, 0.1) is 6.10 Å². The summed E-state index contributed by atoms with van der Waals surface area (Å²) in [5, 5.41) is 11.6. The Balaban J connectivity index is 3.14. The molecule has 0 bridgehead atoms. The Kier molecular flexibility index (Phi) is 3.53. The molecule has 2 nitrogen and oxygen atoms in total. The molecule has 0 saturated carbocycles. The molecular weight excluding hydrogens is 109 g/mol. The second kappa shape index (κ2) is 3.36. The van der Waals surface area contributed by atoms with Crippen LogP contribution in [0, 0.1) is 0 Å². The third kappa shape index (κ3) is 2.98. The van der Waals surface area contributed by atoms with Gasteiger partial charge < -0.3 is 5.11 Å². The minimum Gasteiger partial charge on any atom is -0.392 e. The van der Waals surface area contributed by atoms with Gasteiger partial charge in [-0.25, -0.2) is 0 Å². The van der Waals surface area contributed by atoms with Crippen LogP contribution in [0.4, 0.5) is 0 Å². The van der Waals surface area contributed by atoms with Gasteiger partial charge in [0, 0.05) is 6.04 Å². The van der Waals surface area contributed by atoms with Crippen molar-refractivity contribution in [2.24, 2.45) is 0 Å². The van der Waals surface area contributed by atoms with E-state index in [2.05, 4.69) is 14.5 Å². The molecule has 0 radical (unpaired) electrons. The molecule has 7 heavy (non-hydrogen) atoms. The number of nitrogens with one attached hydrogen (secondary N) is 1. The predicted molar refractivity (Wildman–Crippen MR) is 34.0 cm³/mol. The number of hydrogen-bond acceptors (Lipinski definition) is 2. The summed E-state index contributed by atoms with van der Waals surface area (Å²) < 4.78 is 0. The zero-order valence-electron chi connectivity index (χ0n) is 4.68. The first-order valence-electron chi connectivity index (χ1n) is 2.32. The van der Waals surface area contributed by atoms with Crippen molar-refractivity contribution in [3.63, 3.8) is 0 Å². The van der Waals surface area contributed by atoms with E-state index in [-0.39, 0.29) is 12.1 Å². The average molecular weight is 121 g/mol. The molecule has 0 aromatic carbocycles. The Morgan fingerprint density at radius 2 is 2.00 bits per heavy atom. The topological polar surface area (TPSA) is 32.3 Å². The molecule has 0 rings (SSSR count). The largest absolute Gasteiger partial charge is 0.392 e. The van der Waals surface area contributed by atoms with E-state index >= 15 is 0 Å². The Morgan fingerprint density at radius 3 is 2.00 bits per heavy atom. The highest BCUT2D eigenvalue weighted by molar-refractivity contribution is 7.13. The molecule has 0 aliphatic rings. The van der Waals surface area contributed by atoms with E-state index in [0.717, 1.165) is 0 Å². The van der Waals surface area contributed by atoms with Crippen molar-refractivity contribution in [2.45, 2.75) is 26.0 Å². The summed E-state index contributed by atoms with van der Waals surface area (Å²) in [6.07, 6.45) is -0.266. The normalized spacial score (nSPS) is 18.9. The van der Waals surface area contributed by atoms with E-state index in [1.54, 1.807) is 6.92 Å². The molecule has 3 heteroatoms. The number of aliphatic hydroxyl groups excluding tert-OH is 1. The molecule has 0 heterocycles. The van der Waals surface area contributed by atoms with E-state index in [0.29, 0.717) is 0 Å². The van der Waals surface area contributed by atoms with Gasteiger partial charge in [-0.3, -0.25) is 5.09 Å². The molecule has 0 fully saturated rings. The number of hydrogen-bond donors (Lipinski definition) is 2. The second-order valence-electron chi connectivity index (χ2n) is 1.70. The van der Waals surface area contributed by atoms with E-state index in [1.807, 2.05) is 6.92 Å². The Hall–Kier alpha value is 0.350. The molecule has 2 unspecified atom stereocenters. The third-order valence-electron chi connectivity index (χ3n) is 0.986. The van der Waals surface area contributed by atoms with Crippen LogP contribution in [0.1, 0.15) is 13.8 Å². The van der Waals surface area contributed by atoms with Gasteiger partial charge in [-0.2, -0.15) is 0 Å². The summed E-state index contributed by atoms with van der Waals surface area (Å²) in [5.41, 5.74) is 0. The van der Waals surface area contributed by atoms with E-state index in [4.69, 9.17) is 5.11 Å². The highest BCUT2D eigenvalue weighted by Crippen LogP contribution is 1.90. The van der Waals surface area contributed by atoms with Crippen LogP contribution in [0.15, 0.2) is 0 Å². The summed E-state index contributed by atoms with van der Waals surface area (Å²) in [6.45, 7) is 3.67. The second-order valence-corrected chi connectivity index (χ2v) is 2.03. The highest BCUT2D eigenvalue weighted by atomic mass is 31.0. The summed E-state index contributed by atoms with van der Waals surface area (Å²) in [4.78, 5) is 0. The smallest absolute Gasteiger partial charge is 0.0665 e.